The molecule has 0 fully saturated rings. The van der Waals surface area contributed by atoms with Gasteiger partial charge in [0.05, 0.1) is 16.0 Å². The van der Waals surface area contributed by atoms with Crippen LogP contribution in [-0.4, -0.2) is 24.9 Å². The van der Waals surface area contributed by atoms with Gasteiger partial charge in [0.1, 0.15) is 0 Å². The summed E-state index contributed by atoms with van der Waals surface area (Å²) in [6, 6.07) is 13.3. The van der Waals surface area contributed by atoms with Gasteiger partial charge in [-0.1, -0.05) is 12.1 Å². The van der Waals surface area contributed by atoms with Crippen molar-refractivity contribution in [2.45, 2.75) is 4.90 Å². The molecule has 1 atom stereocenters. The molecule has 24 heavy (non-hydrogen) atoms. The molecule has 1 unspecified atom stereocenters. The van der Waals surface area contributed by atoms with Crippen LogP contribution in [0.25, 0.3) is 0 Å². The summed E-state index contributed by atoms with van der Waals surface area (Å²) in [5, 5.41) is 5.59. The number of sulfone groups is 1. The second-order valence-electron chi connectivity index (χ2n) is 4.69. The molecular weight excluding hydrogens is 478 g/mol. The van der Waals surface area contributed by atoms with Gasteiger partial charge in [-0.05, 0) is 71.2 Å². The lowest BCUT2D eigenvalue weighted by molar-refractivity contribution is 0.0977. The molecule has 1 amide bonds. The normalized spacial score (nSPS) is 10.9. The van der Waals surface area contributed by atoms with Crippen LogP contribution in [0, 0.1) is 3.57 Å². The van der Waals surface area contributed by atoms with Crippen molar-refractivity contribution < 1.29 is 13.2 Å². The maximum Gasteiger partial charge on any atom is 0.258 e. The third kappa shape index (κ3) is 4.95. The monoisotopic (exact) mass is 492 g/mol. The van der Waals surface area contributed by atoms with Crippen LogP contribution in [0.3, 0.4) is 0 Å². The SMILES string of the molecule is O=C(NC(=S)Nc1ccc(S(=O)(=O)CP)cc1)c1ccccc1I. The van der Waals surface area contributed by atoms with Gasteiger partial charge in [-0.2, -0.15) is 0 Å². The first-order valence-electron chi connectivity index (χ1n) is 6.73. The Labute approximate surface area is 161 Å². The van der Waals surface area contributed by atoms with Gasteiger partial charge in [0.15, 0.2) is 14.9 Å². The molecule has 0 aliphatic heterocycles. The molecule has 0 heterocycles. The second-order valence-corrected chi connectivity index (χ2v) is 9.30. The van der Waals surface area contributed by atoms with E-state index in [1.165, 1.54) is 12.1 Å². The number of rotatable bonds is 4. The molecule has 0 aliphatic carbocycles. The number of hydrogen-bond donors (Lipinski definition) is 2. The number of carbonyl (C=O) groups excluding carboxylic acids is 1. The highest BCUT2D eigenvalue weighted by Gasteiger charge is 2.13. The Balaban J connectivity index is 2.03. The maximum atomic E-state index is 12.2. The van der Waals surface area contributed by atoms with Gasteiger partial charge in [0.2, 0.25) is 0 Å². The summed E-state index contributed by atoms with van der Waals surface area (Å²) in [6.07, 6.45) is 0. The Morgan fingerprint density at radius 1 is 1.12 bits per heavy atom. The highest BCUT2D eigenvalue weighted by atomic mass is 127. The number of halogens is 1. The number of benzene rings is 2. The number of thiocarbonyl (C=S) groups is 1. The minimum absolute atomic E-state index is 0.0377. The highest BCUT2D eigenvalue weighted by Crippen LogP contribution is 2.17. The van der Waals surface area contributed by atoms with Crippen LogP contribution < -0.4 is 10.6 Å². The lowest BCUT2D eigenvalue weighted by Crippen LogP contribution is -2.34. The lowest BCUT2D eigenvalue weighted by Gasteiger charge is -2.11. The van der Waals surface area contributed by atoms with Crippen molar-refractivity contribution in [2.24, 2.45) is 0 Å². The number of anilines is 1. The van der Waals surface area contributed by atoms with Gasteiger partial charge in [-0.15, -0.1) is 9.24 Å². The molecule has 2 aromatic rings. The summed E-state index contributed by atoms with van der Waals surface area (Å²) >= 11 is 7.19. The number of nitrogens with one attached hydrogen (secondary N) is 2. The second kappa shape index (κ2) is 8.33. The van der Waals surface area contributed by atoms with Crippen molar-refractivity contribution in [3.63, 3.8) is 0 Å². The molecule has 0 saturated carbocycles. The molecule has 2 rings (SSSR count). The third-order valence-corrected chi connectivity index (χ3v) is 6.93. The predicted molar refractivity (Wildman–Crippen MR) is 111 cm³/mol. The summed E-state index contributed by atoms with van der Waals surface area (Å²) in [6.45, 7) is 0. The van der Waals surface area contributed by atoms with E-state index in [0.717, 1.165) is 3.57 Å². The van der Waals surface area contributed by atoms with Crippen molar-refractivity contribution in [3.8, 4) is 0 Å². The number of carbonyl (C=O) groups is 1. The summed E-state index contributed by atoms with van der Waals surface area (Å²) in [7, 11) is -1.08. The molecule has 0 saturated heterocycles. The average Bonchev–Trinajstić information content (AvgIpc) is 2.55. The lowest BCUT2D eigenvalue weighted by atomic mass is 10.2. The molecule has 9 heteroatoms. The van der Waals surface area contributed by atoms with E-state index < -0.39 is 9.84 Å². The van der Waals surface area contributed by atoms with Gasteiger partial charge < -0.3 is 5.32 Å². The van der Waals surface area contributed by atoms with Crippen molar-refractivity contribution in [1.82, 2.24) is 5.32 Å². The largest absolute Gasteiger partial charge is 0.332 e. The minimum Gasteiger partial charge on any atom is -0.332 e. The number of hydrogen-bond acceptors (Lipinski definition) is 4. The van der Waals surface area contributed by atoms with Crippen molar-refractivity contribution >= 4 is 70.6 Å². The zero-order chi connectivity index (χ0) is 17.7. The Bertz CT molecular complexity index is 871. The van der Waals surface area contributed by atoms with E-state index in [1.54, 1.807) is 24.3 Å². The van der Waals surface area contributed by atoms with Crippen LogP contribution in [-0.2, 0) is 9.84 Å². The molecule has 0 radical (unpaired) electrons. The van der Waals surface area contributed by atoms with E-state index in [2.05, 4.69) is 42.5 Å². The molecule has 0 aromatic heterocycles. The molecule has 126 valence electrons. The third-order valence-electron chi connectivity index (χ3n) is 3.04. The molecule has 0 bridgehead atoms. The van der Waals surface area contributed by atoms with Crippen molar-refractivity contribution in [3.05, 3.63) is 57.7 Å². The smallest absolute Gasteiger partial charge is 0.258 e. The van der Waals surface area contributed by atoms with Crippen LogP contribution in [0.4, 0.5) is 5.69 Å². The van der Waals surface area contributed by atoms with Crippen LogP contribution in [0.2, 0.25) is 0 Å². The summed E-state index contributed by atoms with van der Waals surface area (Å²) in [5.74, 6) is -0.306. The van der Waals surface area contributed by atoms with Gasteiger partial charge in [-0.25, -0.2) is 8.42 Å². The zero-order valence-electron chi connectivity index (χ0n) is 12.3. The first kappa shape index (κ1) is 19.2. The molecule has 2 aromatic carbocycles. The fraction of sp³-hybridized carbons (Fsp3) is 0.0667. The quantitative estimate of drug-likeness (QED) is 0.390. The van der Waals surface area contributed by atoms with E-state index in [-0.39, 0.29) is 21.4 Å². The van der Waals surface area contributed by atoms with Crippen molar-refractivity contribution in [1.29, 1.82) is 0 Å². The highest BCUT2D eigenvalue weighted by molar-refractivity contribution is 14.1. The summed E-state index contributed by atoms with van der Waals surface area (Å²) < 4.78 is 24.3. The van der Waals surface area contributed by atoms with Gasteiger partial charge in [0, 0.05) is 9.26 Å². The van der Waals surface area contributed by atoms with Crippen LogP contribution in [0.5, 0.6) is 0 Å². The number of amides is 1. The van der Waals surface area contributed by atoms with E-state index in [9.17, 15) is 13.2 Å². The topological polar surface area (TPSA) is 75.3 Å². The Kier molecular flexibility index (Phi) is 6.68. The van der Waals surface area contributed by atoms with E-state index >= 15 is 0 Å². The van der Waals surface area contributed by atoms with E-state index in [0.29, 0.717) is 11.3 Å². The molecule has 5 nitrogen and oxygen atoms in total. The molecule has 0 spiro atoms. The van der Waals surface area contributed by atoms with E-state index in [4.69, 9.17) is 12.2 Å². The van der Waals surface area contributed by atoms with Gasteiger partial charge >= 0.3 is 0 Å². The molecule has 2 N–H and O–H groups in total. The van der Waals surface area contributed by atoms with Crippen LogP contribution in [0.15, 0.2) is 53.4 Å². The molecular formula is C15H14IN2O3PS2. The van der Waals surface area contributed by atoms with Crippen molar-refractivity contribution in [2.75, 3.05) is 10.8 Å². The predicted octanol–water partition coefficient (Wildman–Crippen LogP) is 3.02. The molecule has 0 aliphatic rings. The zero-order valence-corrected chi connectivity index (χ0v) is 17.3. The maximum absolute atomic E-state index is 12.2. The van der Waals surface area contributed by atoms with Crippen LogP contribution >= 0.6 is 44.0 Å². The fourth-order valence-corrected chi connectivity index (χ4v) is 3.98. The summed E-state index contributed by atoms with van der Waals surface area (Å²) in [5.41, 5.74) is 1.08. The Morgan fingerprint density at radius 2 is 1.75 bits per heavy atom. The van der Waals surface area contributed by atoms with Crippen LogP contribution in [0.1, 0.15) is 10.4 Å². The first-order chi connectivity index (χ1) is 11.3. The van der Waals surface area contributed by atoms with Gasteiger partial charge in [0.25, 0.3) is 5.91 Å². The Hall–Kier alpha value is -1.09. The Morgan fingerprint density at radius 3 is 2.33 bits per heavy atom. The average molecular weight is 492 g/mol. The standard InChI is InChI=1S/C15H14IN2O3PS2/c16-13-4-2-1-3-12(13)14(19)18-15(23)17-10-5-7-11(8-6-10)24(20,21)9-22/h1-8H,9,22H2,(H2,17,18,19,23). The summed E-state index contributed by atoms with van der Waals surface area (Å²) in [4.78, 5) is 12.4. The fourth-order valence-electron chi connectivity index (χ4n) is 1.82. The first-order valence-corrected chi connectivity index (χ1v) is 10.7. The van der Waals surface area contributed by atoms with E-state index in [1.807, 2.05) is 12.1 Å². The van der Waals surface area contributed by atoms with Gasteiger partial charge in [-0.3, -0.25) is 10.1 Å². The minimum atomic E-state index is -3.27.